The second-order valence-corrected chi connectivity index (χ2v) is 4.52. The van der Waals surface area contributed by atoms with Crippen LogP contribution in [-0.4, -0.2) is 12.6 Å². The molecule has 0 aliphatic heterocycles. The van der Waals surface area contributed by atoms with Gasteiger partial charge in [-0.25, -0.2) is 4.79 Å². The number of ether oxygens (including phenoxy) is 2. The molecule has 104 valence electrons. The fraction of sp³-hybridized carbons (Fsp3) is 0.133. The maximum Gasteiger partial charge on any atom is 0.344 e. The summed E-state index contributed by atoms with van der Waals surface area (Å²) < 4.78 is 10.4. The molecule has 0 saturated carbocycles. The smallest absolute Gasteiger partial charge is 0.344 e. The number of hydrogen-bond donors (Lipinski definition) is 1. The Morgan fingerprint density at radius 2 is 1.80 bits per heavy atom. The zero-order chi connectivity index (χ0) is 14.4. The molecule has 0 spiro atoms. The molecule has 2 N–H and O–H groups in total. The molecule has 0 fully saturated rings. The summed E-state index contributed by atoms with van der Waals surface area (Å²) in [6.45, 7) is -0.0298. The van der Waals surface area contributed by atoms with E-state index < -0.39 is 5.97 Å². The summed E-state index contributed by atoms with van der Waals surface area (Å²) in [5, 5.41) is 0.569. The van der Waals surface area contributed by atoms with Crippen LogP contribution in [0.3, 0.4) is 0 Å². The van der Waals surface area contributed by atoms with Crippen LogP contribution >= 0.6 is 11.6 Å². The predicted molar refractivity (Wildman–Crippen MR) is 77.6 cm³/mol. The van der Waals surface area contributed by atoms with Crippen molar-refractivity contribution in [1.29, 1.82) is 0 Å². The average molecular weight is 292 g/mol. The summed E-state index contributed by atoms with van der Waals surface area (Å²) >= 11 is 5.96. The normalized spacial score (nSPS) is 10.1. The van der Waals surface area contributed by atoms with Gasteiger partial charge in [-0.3, -0.25) is 0 Å². The SMILES string of the molecule is Nc1ccc(OCC(=O)OCc2ccccc2Cl)cc1. The summed E-state index contributed by atoms with van der Waals surface area (Å²) in [6.07, 6.45) is 0. The molecule has 0 aromatic heterocycles. The van der Waals surface area contributed by atoms with Crippen molar-refractivity contribution in [3.05, 3.63) is 59.1 Å². The van der Waals surface area contributed by atoms with Crippen LogP contribution in [0.25, 0.3) is 0 Å². The van der Waals surface area contributed by atoms with Crippen LogP contribution in [0.15, 0.2) is 48.5 Å². The van der Waals surface area contributed by atoms with Crippen molar-refractivity contribution >= 4 is 23.3 Å². The van der Waals surface area contributed by atoms with Crippen molar-refractivity contribution in [1.82, 2.24) is 0 Å². The molecule has 5 heteroatoms. The molecule has 0 bridgehead atoms. The highest BCUT2D eigenvalue weighted by atomic mass is 35.5. The van der Waals surface area contributed by atoms with Crippen molar-refractivity contribution < 1.29 is 14.3 Å². The van der Waals surface area contributed by atoms with Crippen molar-refractivity contribution in [3.63, 3.8) is 0 Å². The van der Waals surface area contributed by atoms with Crippen molar-refractivity contribution in [2.45, 2.75) is 6.61 Å². The number of carbonyl (C=O) groups excluding carboxylic acids is 1. The van der Waals surface area contributed by atoms with E-state index in [1.54, 1.807) is 36.4 Å². The van der Waals surface area contributed by atoms with Gasteiger partial charge in [0, 0.05) is 16.3 Å². The molecule has 0 aliphatic rings. The Morgan fingerprint density at radius 3 is 2.50 bits per heavy atom. The molecule has 2 rings (SSSR count). The third-order valence-corrected chi connectivity index (χ3v) is 2.95. The number of esters is 1. The summed E-state index contributed by atoms with van der Waals surface area (Å²) in [4.78, 5) is 11.6. The van der Waals surface area contributed by atoms with Crippen LogP contribution in [0.4, 0.5) is 5.69 Å². The first-order valence-electron chi connectivity index (χ1n) is 6.02. The highest BCUT2D eigenvalue weighted by molar-refractivity contribution is 6.31. The Hall–Kier alpha value is -2.20. The average Bonchev–Trinajstić information content (AvgIpc) is 2.46. The van der Waals surface area contributed by atoms with Crippen LogP contribution in [0.1, 0.15) is 5.56 Å². The minimum atomic E-state index is -0.457. The van der Waals surface area contributed by atoms with Gasteiger partial charge in [0.05, 0.1) is 0 Å². The molecule has 2 aromatic carbocycles. The lowest BCUT2D eigenvalue weighted by atomic mass is 10.2. The molecule has 0 amide bonds. The second kappa shape index (κ2) is 6.82. The molecule has 0 atom stereocenters. The van der Waals surface area contributed by atoms with E-state index in [1.165, 1.54) is 0 Å². The first-order chi connectivity index (χ1) is 9.65. The number of carbonyl (C=O) groups is 1. The third-order valence-electron chi connectivity index (χ3n) is 2.58. The molecule has 0 unspecified atom stereocenters. The van der Waals surface area contributed by atoms with E-state index in [1.807, 2.05) is 12.1 Å². The number of nitrogens with two attached hydrogens (primary N) is 1. The molecule has 20 heavy (non-hydrogen) atoms. The Morgan fingerprint density at radius 1 is 1.10 bits per heavy atom. The third kappa shape index (κ3) is 4.17. The van der Waals surface area contributed by atoms with Gasteiger partial charge >= 0.3 is 5.97 Å². The Kier molecular flexibility index (Phi) is 4.85. The van der Waals surface area contributed by atoms with Crippen LogP contribution in [0.2, 0.25) is 5.02 Å². The number of benzene rings is 2. The predicted octanol–water partition coefficient (Wildman–Crippen LogP) is 3.04. The number of hydrogen-bond acceptors (Lipinski definition) is 4. The molecule has 2 aromatic rings. The van der Waals surface area contributed by atoms with Gasteiger partial charge in [-0.15, -0.1) is 0 Å². The van der Waals surface area contributed by atoms with Gasteiger partial charge in [-0.1, -0.05) is 29.8 Å². The van der Waals surface area contributed by atoms with E-state index in [4.69, 9.17) is 26.8 Å². The first kappa shape index (κ1) is 14.2. The Balaban J connectivity index is 1.78. The first-order valence-corrected chi connectivity index (χ1v) is 6.40. The van der Waals surface area contributed by atoms with Gasteiger partial charge in [-0.05, 0) is 30.3 Å². The monoisotopic (exact) mass is 291 g/mol. The van der Waals surface area contributed by atoms with E-state index in [-0.39, 0.29) is 13.2 Å². The maximum atomic E-state index is 11.6. The Labute approximate surface area is 122 Å². The fourth-order valence-electron chi connectivity index (χ4n) is 1.52. The minimum Gasteiger partial charge on any atom is -0.482 e. The van der Waals surface area contributed by atoms with Gasteiger partial charge in [0.15, 0.2) is 6.61 Å². The minimum absolute atomic E-state index is 0.129. The molecule has 0 heterocycles. The standard InChI is InChI=1S/C15H14ClNO3/c16-14-4-2-1-3-11(14)9-20-15(18)10-19-13-7-5-12(17)6-8-13/h1-8H,9-10,17H2. The van der Waals surface area contributed by atoms with Crippen LogP contribution in [-0.2, 0) is 16.1 Å². The molecular weight excluding hydrogens is 278 g/mol. The molecule has 0 saturated heterocycles. The fourth-order valence-corrected chi connectivity index (χ4v) is 1.71. The topological polar surface area (TPSA) is 61.5 Å². The van der Waals surface area contributed by atoms with Gasteiger partial charge in [-0.2, -0.15) is 0 Å². The highest BCUT2D eigenvalue weighted by Gasteiger charge is 2.06. The van der Waals surface area contributed by atoms with Crippen LogP contribution in [0, 0.1) is 0 Å². The summed E-state index contributed by atoms with van der Waals surface area (Å²) in [5.74, 6) is 0.107. The van der Waals surface area contributed by atoms with E-state index >= 15 is 0 Å². The van der Waals surface area contributed by atoms with Crippen molar-refractivity contribution in [2.24, 2.45) is 0 Å². The second-order valence-electron chi connectivity index (χ2n) is 4.11. The summed E-state index contributed by atoms with van der Waals surface area (Å²) in [7, 11) is 0. The lowest BCUT2D eigenvalue weighted by molar-refractivity contribution is -0.147. The zero-order valence-corrected chi connectivity index (χ0v) is 11.5. The molecule has 0 radical (unpaired) electrons. The van der Waals surface area contributed by atoms with Gasteiger partial charge in [0.1, 0.15) is 12.4 Å². The Bertz CT molecular complexity index is 584. The number of rotatable bonds is 5. The van der Waals surface area contributed by atoms with E-state index in [9.17, 15) is 4.79 Å². The van der Waals surface area contributed by atoms with Crippen molar-refractivity contribution in [2.75, 3.05) is 12.3 Å². The van der Waals surface area contributed by atoms with Gasteiger partial charge in [0.2, 0.25) is 0 Å². The van der Waals surface area contributed by atoms with Gasteiger partial charge in [0.25, 0.3) is 0 Å². The largest absolute Gasteiger partial charge is 0.482 e. The van der Waals surface area contributed by atoms with E-state index in [0.29, 0.717) is 16.5 Å². The van der Waals surface area contributed by atoms with Crippen LogP contribution in [0.5, 0.6) is 5.75 Å². The maximum absolute atomic E-state index is 11.6. The highest BCUT2D eigenvalue weighted by Crippen LogP contribution is 2.16. The lowest BCUT2D eigenvalue weighted by Gasteiger charge is -2.08. The molecular formula is C15H14ClNO3. The molecule has 0 aliphatic carbocycles. The zero-order valence-electron chi connectivity index (χ0n) is 10.7. The number of nitrogen functional groups attached to an aromatic ring is 1. The van der Waals surface area contributed by atoms with Crippen molar-refractivity contribution in [3.8, 4) is 5.75 Å². The lowest BCUT2D eigenvalue weighted by Crippen LogP contribution is -2.14. The number of anilines is 1. The summed E-state index contributed by atoms with van der Waals surface area (Å²) in [6, 6.07) is 14.0. The van der Waals surface area contributed by atoms with E-state index in [2.05, 4.69) is 0 Å². The van der Waals surface area contributed by atoms with E-state index in [0.717, 1.165) is 5.56 Å². The summed E-state index contributed by atoms with van der Waals surface area (Å²) in [5.41, 5.74) is 6.95. The van der Waals surface area contributed by atoms with Crippen LogP contribution < -0.4 is 10.5 Å². The van der Waals surface area contributed by atoms with Gasteiger partial charge < -0.3 is 15.2 Å². The molecule has 4 nitrogen and oxygen atoms in total. The number of halogens is 1. The quantitative estimate of drug-likeness (QED) is 0.679.